The lowest BCUT2D eigenvalue weighted by Crippen LogP contribution is -2.45. The first-order chi connectivity index (χ1) is 11.7. The molecule has 0 saturated carbocycles. The van der Waals surface area contributed by atoms with Gasteiger partial charge in [0.15, 0.2) is 0 Å². The molecule has 1 atom stereocenters. The highest BCUT2D eigenvalue weighted by atomic mass is 32.2. The third-order valence-electron chi connectivity index (χ3n) is 3.57. The lowest BCUT2D eigenvalue weighted by atomic mass is 10.0. The maximum Gasteiger partial charge on any atom is 0.315 e. The summed E-state index contributed by atoms with van der Waals surface area (Å²) in [5, 5.41) is 14.1. The van der Waals surface area contributed by atoms with Gasteiger partial charge in [-0.05, 0) is 18.4 Å². The molecule has 0 bridgehead atoms. The summed E-state index contributed by atoms with van der Waals surface area (Å²) in [5.74, 6) is -1.14. The Hall–Kier alpha value is -2.13. The van der Waals surface area contributed by atoms with E-state index in [9.17, 15) is 18.0 Å². The molecule has 25 heavy (non-hydrogen) atoms. The Balaban J connectivity index is 2.54. The Morgan fingerprint density at radius 2 is 1.84 bits per heavy atom. The Morgan fingerprint density at radius 3 is 2.40 bits per heavy atom. The summed E-state index contributed by atoms with van der Waals surface area (Å²) in [6.07, 6.45) is 0.720. The number of nitrogens with one attached hydrogen (secondary N) is 2. The highest BCUT2D eigenvalue weighted by molar-refractivity contribution is 7.89. The average Bonchev–Trinajstić information content (AvgIpc) is 2.53. The van der Waals surface area contributed by atoms with Crippen LogP contribution in [0.4, 0.5) is 4.79 Å². The van der Waals surface area contributed by atoms with Gasteiger partial charge in [-0.25, -0.2) is 17.5 Å². The van der Waals surface area contributed by atoms with Crippen molar-refractivity contribution in [2.24, 2.45) is 0 Å². The van der Waals surface area contributed by atoms with Gasteiger partial charge in [-0.3, -0.25) is 4.79 Å². The number of aliphatic carboxylic acids is 1. The van der Waals surface area contributed by atoms with Crippen LogP contribution >= 0.6 is 0 Å². The zero-order valence-electron chi connectivity index (χ0n) is 14.4. The fourth-order valence-electron chi connectivity index (χ4n) is 2.13. The van der Waals surface area contributed by atoms with E-state index in [1.807, 2.05) is 30.3 Å². The fourth-order valence-corrected chi connectivity index (χ4v) is 2.86. The second-order valence-corrected chi connectivity index (χ2v) is 8.12. The van der Waals surface area contributed by atoms with Gasteiger partial charge in [0.2, 0.25) is 10.0 Å². The third-order valence-corrected chi connectivity index (χ3v) is 5.40. The summed E-state index contributed by atoms with van der Waals surface area (Å²) >= 11 is 0. The molecule has 1 aromatic rings. The Labute approximate surface area is 148 Å². The molecule has 0 aliphatic carbocycles. The largest absolute Gasteiger partial charge is 0.481 e. The van der Waals surface area contributed by atoms with Crippen molar-refractivity contribution in [1.82, 2.24) is 14.9 Å². The molecule has 1 aromatic carbocycles. The zero-order chi connectivity index (χ0) is 18.9. The van der Waals surface area contributed by atoms with E-state index in [0.717, 1.165) is 9.87 Å². The molecule has 0 spiro atoms. The predicted molar refractivity (Wildman–Crippen MR) is 94.8 cm³/mol. The first-order valence-corrected chi connectivity index (χ1v) is 9.52. The van der Waals surface area contributed by atoms with E-state index in [4.69, 9.17) is 5.11 Å². The molecule has 3 N–H and O–H groups in total. The Kier molecular flexibility index (Phi) is 8.36. The number of benzene rings is 1. The van der Waals surface area contributed by atoms with Gasteiger partial charge >= 0.3 is 12.0 Å². The van der Waals surface area contributed by atoms with Crippen LogP contribution in [0.3, 0.4) is 0 Å². The summed E-state index contributed by atoms with van der Waals surface area (Å²) in [4.78, 5) is 22.8. The number of carboxylic acid groups (broad SMARTS) is 1. The van der Waals surface area contributed by atoms with Crippen LogP contribution in [-0.2, 0) is 21.2 Å². The van der Waals surface area contributed by atoms with Gasteiger partial charge in [0, 0.05) is 33.1 Å². The molecular weight excluding hydrogens is 346 g/mol. The summed E-state index contributed by atoms with van der Waals surface area (Å²) in [6, 6.07) is 8.55. The molecule has 0 heterocycles. The van der Waals surface area contributed by atoms with Gasteiger partial charge in [-0.15, -0.1) is 0 Å². The maximum absolute atomic E-state index is 12.0. The molecule has 8 nitrogen and oxygen atoms in total. The number of carbonyl (C=O) groups is 2. The van der Waals surface area contributed by atoms with E-state index in [1.165, 1.54) is 14.1 Å². The van der Waals surface area contributed by atoms with E-state index in [0.29, 0.717) is 6.42 Å². The number of sulfonamides is 1. The highest BCUT2D eigenvalue weighted by Crippen LogP contribution is 2.08. The fraction of sp³-hybridized carbons (Fsp3) is 0.500. The highest BCUT2D eigenvalue weighted by Gasteiger charge is 2.16. The SMILES string of the molecule is CN(C)S(=O)(=O)CCNC(=O)NC(CCC(=O)O)Cc1ccccc1. The molecule has 0 fully saturated rings. The number of nitrogens with zero attached hydrogens (tertiary/aromatic N) is 1. The molecule has 0 aromatic heterocycles. The van der Waals surface area contributed by atoms with E-state index < -0.39 is 22.0 Å². The third kappa shape index (κ3) is 8.50. The van der Waals surface area contributed by atoms with Crippen molar-refractivity contribution in [2.75, 3.05) is 26.4 Å². The van der Waals surface area contributed by atoms with E-state index in [2.05, 4.69) is 10.6 Å². The van der Waals surface area contributed by atoms with E-state index in [1.54, 1.807) is 0 Å². The van der Waals surface area contributed by atoms with Gasteiger partial charge in [0.25, 0.3) is 0 Å². The van der Waals surface area contributed by atoms with Crippen molar-refractivity contribution in [3.63, 3.8) is 0 Å². The summed E-state index contributed by atoms with van der Waals surface area (Å²) in [5.41, 5.74) is 0.980. The molecule has 140 valence electrons. The Bertz CT molecular complexity index is 662. The number of amides is 2. The van der Waals surface area contributed by atoms with Crippen LogP contribution < -0.4 is 10.6 Å². The van der Waals surface area contributed by atoms with E-state index >= 15 is 0 Å². The normalized spacial score (nSPS) is 12.6. The van der Waals surface area contributed by atoms with Gasteiger partial charge < -0.3 is 15.7 Å². The van der Waals surface area contributed by atoms with Crippen molar-refractivity contribution < 1.29 is 23.1 Å². The first-order valence-electron chi connectivity index (χ1n) is 7.91. The molecule has 1 unspecified atom stereocenters. The van der Waals surface area contributed by atoms with Crippen molar-refractivity contribution >= 4 is 22.0 Å². The van der Waals surface area contributed by atoms with Crippen molar-refractivity contribution in [3.8, 4) is 0 Å². The quantitative estimate of drug-likeness (QED) is 0.559. The molecule has 0 aliphatic rings. The lowest BCUT2D eigenvalue weighted by Gasteiger charge is -2.19. The van der Waals surface area contributed by atoms with Gasteiger partial charge in [0.1, 0.15) is 0 Å². The number of carbonyl (C=O) groups excluding carboxylic acids is 1. The van der Waals surface area contributed by atoms with Crippen LogP contribution in [-0.4, -0.2) is 62.3 Å². The van der Waals surface area contributed by atoms with Gasteiger partial charge in [0.05, 0.1) is 5.75 Å². The van der Waals surface area contributed by atoms with Crippen LogP contribution in [0.1, 0.15) is 18.4 Å². The summed E-state index contributed by atoms with van der Waals surface area (Å²) < 4.78 is 24.4. The summed E-state index contributed by atoms with van der Waals surface area (Å²) in [6.45, 7) is -0.0245. The molecule has 0 radical (unpaired) electrons. The average molecular weight is 371 g/mol. The minimum absolute atomic E-state index is 0.0245. The van der Waals surface area contributed by atoms with Crippen molar-refractivity contribution in [2.45, 2.75) is 25.3 Å². The Morgan fingerprint density at radius 1 is 1.20 bits per heavy atom. The van der Waals surface area contributed by atoms with Crippen LogP contribution in [0, 0.1) is 0 Å². The van der Waals surface area contributed by atoms with Crippen LogP contribution in [0.2, 0.25) is 0 Å². The van der Waals surface area contributed by atoms with Crippen LogP contribution in [0.15, 0.2) is 30.3 Å². The van der Waals surface area contributed by atoms with Gasteiger partial charge in [-0.2, -0.15) is 0 Å². The minimum Gasteiger partial charge on any atom is -0.481 e. The van der Waals surface area contributed by atoms with E-state index in [-0.39, 0.29) is 31.2 Å². The number of urea groups is 1. The second-order valence-electron chi connectivity index (χ2n) is 5.82. The van der Waals surface area contributed by atoms with Crippen molar-refractivity contribution in [3.05, 3.63) is 35.9 Å². The molecule has 9 heteroatoms. The number of rotatable bonds is 10. The number of hydrogen-bond donors (Lipinski definition) is 3. The molecule has 0 saturated heterocycles. The second kappa shape index (κ2) is 10.00. The monoisotopic (exact) mass is 371 g/mol. The summed E-state index contributed by atoms with van der Waals surface area (Å²) in [7, 11) is -0.524. The smallest absolute Gasteiger partial charge is 0.315 e. The van der Waals surface area contributed by atoms with Crippen molar-refractivity contribution in [1.29, 1.82) is 0 Å². The number of hydrogen-bond acceptors (Lipinski definition) is 4. The molecule has 1 rings (SSSR count). The minimum atomic E-state index is -3.38. The molecular formula is C16H25N3O5S. The first kappa shape index (κ1) is 20.9. The van der Waals surface area contributed by atoms with Gasteiger partial charge in [-0.1, -0.05) is 30.3 Å². The van der Waals surface area contributed by atoms with Crippen LogP contribution in [0.5, 0.6) is 0 Å². The topological polar surface area (TPSA) is 116 Å². The molecule has 0 aliphatic heterocycles. The lowest BCUT2D eigenvalue weighted by molar-refractivity contribution is -0.137. The maximum atomic E-state index is 12.0. The standard InChI is InChI=1S/C16H25N3O5S/c1-19(2)25(23,24)11-10-17-16(22)18-14(8-9-15(20)21)12-13-6-4-3-5-7-13/h3-7,14H,8-12H2,1-2H3,(H,20,21)(H2,17,18,22). The van der Waals surface area contributed by atoms with Crippen LogP contribution in [0.25, 0.3) is 0 Å². The predicted octanol–water partition coefficient (Wildman–Crippen LogP) is 0.653. The molecule has 2 amide bonds. The zero-order valence-corrected chi connectivity index (χ0v) is 15.3. The number of carboxylic acids is 1.